The van der Waals surface area contributed by atoms with Crippen molar-refractivity contribution in [2.75, 3.05) is 0 Å². The highest BCUT2D eigenvalue weighted by Crippen LogP contribution is 2.34. The van der Waals surface area contributed by atoms with Gasteiger partial charge >= 0.3 is 6.18 Å². The van der Waals surface area contributed by atoms with Gasteiger partial charge < -0.3 is 0 Å². The molecule has 0 saturated heterocycles. The topological polar surface area (TPSA) is 17.1 Å². The van der Waals surface area contributed by atoms with Gasteiger partial charge in [-0.3, -0.25) is 4.79 Å². The van der Waals surface area contributed by atoms with Gasteiger partial charge in [0.1, 0.15) is 11.4 Å². The van der Waals surface area contributed by atoms with E-state index in [0.29, 0.717) is 12.1 Å². The maximum atomic E-state index is 13.0. The molecule has 0 fully saturated rings. The van der Waals surface area contributed by atoms with Gasteiger partial charge in [0.05, 0.1) is 5.56 Å². The van der Waals surface area contributed by atoms with Crippen molar-refractivity contribution in [2.24, 2.45) is 0 Å². The molecular formula is C8H2ClF5O. The van der Waals surface area contributed by atoms with Crippen LogP contribution in [0.4, 0.5) is 22.0 Å². The molecule has 0 atom stereocenters. The van der Waals surface area contributed by atoms with E-state index in [0.717, 1.165) is 0 Å². The molecule has 0 N–H and O–H groups in total. The van der Waals surface area contributed by atoms with Gasteiger partial charge in [0, 0.05) is 0 Å². The standard InChI is InChI=1S/C8H2ClF5O/c9-7(15)3-1-2-4(10)5(6(3)11)8(12,13)14/h1-2H. The number of benzene rings is 1. The lowest BCUT2D eigenvalue weighted by molar-refractivity contribution is -0.142. The Morgan fingerprint density at radius 2 is 1.73 bits per heavy atom. The smallest absolute Gasteiger partial charge is 0.275 e. The summed E-state index contributed by atoms with van der Waals surface area (Å²) >= 11 is 4.81. The SMILES string of the molecule is O=C(Cl)c1ccc(F)c(C(F)(F)F)c1F. The third kappa shape index (κ3) is 2.26. The van der Waals surface area contributed by atoms with Crippen LogP contribution in [-0.4, -0.2) is 5.24 Å². The van der Waals surface area contributed by atoms with E-state index in [9.17, 15) is 26.7 Å². The van der Waals surface area contributed by atoms with Crippen LogP contribution in [0.25, 0.3) is 0 Å². The van der Waals surface area contributed by atoms with Gasteiger partial charge in [-0.1, -0.05) is 0 Å². The van der Waals surface area contributed by atoms with Crippen molar-refractivity contribution in [1.29, 1.82) is 0 Å². The number of hydrogen-bond donors (Lipinski definition) is 0. The number of carbonyl (C=O) groups excluding carboxylic acids is 1. The van der Waals surface area contributed by atoms with Gasteiger partial charge in [-0.05, 0) is 23.7 Å². The summed E-state index contributed by atoms with van der Waals surface area (Å²) in [5.41, 5.74) is -3.13. The average Bonchev–Trinajstić information content (AvgIpc) is 2.00. The Hall–Kier alpha value is -1.17. The van der Waals surface area contributed by atoms with Crippen molar-refractivity contribution in [3.63, 3.8) is 0 Å². The van der Waals surface area contributed by atoms with Crippen LogP contribution >= 0.6 is 11.6 Å². The number of carbonyl (C=O) groups is 1. The van der Waals surface area contributed by atoms with Gasteiger partial charge in [-0.2, -0.15) is 13.2 Å². The van der Waals surface area contributed by atoms with Gasteiger partial charge in [-0.15, -0.1) is 0 Å². The Morgan fingerprint density at radius 1 is 1.20 bits per heavy atom. The molecule has 0 heterocycles. The maximum Gasteiger partial charge on any atom is 0.422 e. The van der Waals surface area contributed by atoms with E-state index < -0.39 is 34.2 Å². The minimum Gasteiger partial charge on any atom is -0.275 e. The Bertz CT molecular complexity index is 412. The average molecular weight is 245 g/mol. The van der Waals surface area contributed by atoms with Crippen LogP contribution in [0, 0.1) is 11.6 Å². The molecular weight excluding hydrogens is 243 g/mol. The Balaban J connectivity index is 3.51. The molecule has 0 bridgehead atoms. The number of halogens is 6. The third-order valence-electron chi connectivity index (χ3n) is 1.59. The van der Waals surface area contributed by atoms with Crippen molar-refractivity contribution in [1.82, 2.24) is 0 Å². The molecule has 0 spiro atoms. The van der Waals surface area contributed by atoms with E-state index in [1.165, 1.54) is 0 Å². The van der Waals surface area contributed by atoms with Gasteiger partial charge in [0.25, 0.3) is 5.24 Å². The maximum absolute atomic E-state index is 13.0. The molecule has 0 amide bonds. The van der Waals surface area contributed by atoms with Crippen molar-refractivity contribution in [3.8, 4) is 0 Å². The first-order chi connectivity index (χ1) is 6.75. The highest BCUT2D eigenvalue weighted by molar-refractivity contribution is 6.67. The molecule has 0 radical (unpaired) electrons. The molecule has 0 aromatic heterocycles. The second kappa shape index (κ2) is 3.77. The van der Waals surface area contributed by atoms with E-state index in [1.807, 2.05) is 0 Å². The lowest BCUT2D eigenvalue weighted by Gasteiger charge is -2.10. The normalized spacial score (nSPS) is 11.6. The minimum atomic E-state index is -5.21. The van der Waals surface area contributed by atoms with E-state index in [1.54, 1.807) is 0 Å². The van der Waals surface area contributed by atoms with Gasteiger partial charge in [-0.25, -0.2) is 8.78 Å². The second-order valence-electron chi connectivity index (χ2n) is 2.56. The molecule has 7 heteroatoms. The highest BCUT2D eigenvalue weighted by Gasteiger charge is 2.39. The fourth-order valence-electron chi connectivity index (χ4n) is 0.964. The molecule has 0 aliphatic rings. The van der Waals surface area contributed by atoms with Crippen molar-refractivity contribution in [2.45, 2.75) is 6.18 Å². The van der Waals surface area contributed by atoms with Crippen LogP contribution < -0.4 is 0 Å². The monoisotopic (exact) mass is 244 g/mol. The van der Waals surface area contributed by atoms with Crippen LogP contribution in [0.15, 0.2) is 12.1 Å². The summed E-state index contributed by atoms with van der Waals surface area (Å²) in [6, 6.07) is 0.886. The molecule has 1 nitrogen and oxygen atoms in total. The van der Waals surface area contributed by atoms with E-state index >= 15 is 0 Å². The van der Waals surface area contributed by atoms with E-state index in [-0.39, 0.29) is 0 Å². The zero-order valence-electron chi connectivity index (χ0n) is 6.83. The first-order valence-electron chi connectivity index (χ1n) is 3.50. The van der Waals surface area contributed by atoms with Crippen molar-refractivity contribution in [3.05, 3.63) is 34.9 Å². The van der Waals surface area contributed by atoms with E-state index in [4.69, 9.17) is 11.6 Å². The fraction of sp³-hybridized carbons (Fsp3) is 0.125. The van der Waals surface area contributed by atoms with Crippen LogP contribution in [0.1, 0.15) is 15.9 Å². The summed E-state index contributed by atoms with van der Waals surface area (Å²) in [6.45, 7) is 0. The van der Waals surface area contributed by atoms with Crippen molar-refractivity contribution < 1.29 is 26.7 Å². The Morgan fingerprint density at radius 3 is 2.13 bits per heavy atom. The molecule has 0 aliphatic carbocycles. The van der Waals surface area contributed by atoms with Crippen LogP contribution in [0.2, 0.25) is 0 Å². The summed E-state index contributed by atoms with van der Waals surface area (Å²) in [4.78, 5) is 10.5. The number of hydrogen-bond acceptors (Lipinski definition) is 1. The van der Waals surface area contributed by atoms with Gasteiger partial charge in [0.15, 0.2) is 5.82 Å². The lowest BCUT2D eigenvalue weighted by atomic mass is 10.1. The van der Waals surface area contributed by atoms with E-state index in [2.05, 4.69) is 0 Å². The first-order valence-corrected chi connectivity index (χ1v) is 3.88. The molecule has 1 rings (SSSR count). The zero-order chi connectivity index (χ0) is 11.8. The molecule has 0 saturated carbocycles. The largest absolute Gasteiger partial charge is 0.422 e. The predicted octanol–water partition coefficient (Wildman–Crippen LogP) is 3.36. The summed E-state index contributed by atoms with van der Waals surface area (Å²) < 4.78 is 62.0. The van der Waals surface area contributed by atoms with Crippen LogP contribution in [-0.2, 0) is 6.18 Å². The fourth-order valence-corrected chi connectivity index (χ4v) is 1.11. The molecule has 82 valence electrons. The minimum absolute atomic E-state index is 0.335. The molecule has 1 aromatic rings. The molecule has 1 aromatic carbocycles. The zero-order valence-corrected chi connectivity index (χ0v) is 7.59. The van der Waals surface area contributed by atoms with Crippen LogP contribution in [0.3, 0.4) is 0 Å². The molecule has 0 aliphatic heterocycles. The quantitative estimate of drug-likeness (QED) is 0.547. The molecule has 0 unspecified atom stereocenters. The van der Waals surface area contributed by atoms with Gasteiger partial charge in [0.2, 0.25) is 0 Å². The first kappa shape index (κ1) is 11.9. The Labute approximate surface area is 85.5 Å². The summed E-state index contributed by atoms with van der Waals surface area (Å²) in [5, 5.41) is -1.42. The molecule has 15 heavy (non-hydrogen) atoms. The number of rotatable bonds is 1. The second-order valence-corrected chi connectivity index (χ2v) is 2.90. The summed E-state index contributed by atoms with van der Waals surface area (Å²) in [7, 11) is 0. The third-order valence-corrected chi connectivity index (χ3v) is 1.79. The summed E-state index contributed by atoms with van der Waals surface area (Å²) in [6.07, 6.45) is -5.21. The summed E-state index contributed by atoms with van der Waals surface area (Å²) in [5.74, 6) is -3.79. The lowest BCUT2D eigenvalue weighted by Crippen LogP contribution is -2.13. The number of alkyl halides is 3. The van der Waals surface area contributed by atoms with Crippen LogP contribution in [0.5, 0.6) is 0 Å². The van der Waals surface area contributed by atoms with Crippen molar-refractivity contribution >= 4 is 16.8 Å². The predicted molar refractivity (Wildman–Crippen MR) is 41.5 cm³/mol. The Kier molecular flexibility index (Phi) is 2.99. The highest BCUT2D eigenvalue weighted by atomic mass is 35.5.